The van der Waals surface area contributed by atoms with Crippen LogP contribution in [0, 0.1) is 0 Å². The molecule has 1 aliphatic heterocycles. The van der Waals surface area contributed by atoms with Crippen LogP contribution >= 0.6 is 23.4 Å². The number of hydrogen-bond donors (Lipinski definition) is 0. The topological polar surface area (TPSA) is 68.1 Å². The van der Waals surface area contributed by atoms with E-state index in [0.717, 1.165) is 30.4 Å². The molecule has 5 rings (SSSR count). The SMILES string of the molecule is CC(=O)C1=C(c2ccc3c(c2)CCCC3)N(C(C)=O)n2c(nnc2-c2ccc(Cl)cc2)S1. The third-order valence-corrected chi connectivity index (χ3v) is 7.15. The van der Waals surface area contributed by atoms with Gasteiger partial charge in [0.15, 0.2) is 11.6 Å². The number of aryl methyl sites for hydroxylation is 2. The van der Waals surface area contributed by atoms with Crippen molar-refractivity contribution in [2.24, 2.45) is 0 Å². The fourth-order valence-electron chi connectivity index (χ4n) is 4.30. The van der Waals surface area contributed by atoms with Gasteiger partial charge < -0.3 is 0 Å². The minimum atomic E-state index is -0.229. The molecule has 0 radical (unpaired) electrons. The molecule has 2 aliphatic rings. The first kappa shape index (κ1) is 21.0. The molecule has 0 saturated heterocycles. The zero-order valence-corrected chi connectivity index (χ0v) is 19.3. The minimum Gasteiger partial charge on any atom is -0.294 e. The van der Waals surface area contributed by atoms with Crippen LogP contribution in [-0.4, -0.2) is 26.6 Å². The summed E-state index contributed by atoms with van der Waals surface area (Å²) in [5, 5.41) is 11.2. The number of thioether (sulfide) groups is 1. The lowest BCUT2D eigenvalue weighted by atomic mass is 9.89. The molecule has 1 aliphatic carbocycles. The van der Waals surface area contributed by atoms with E-state index >= 15 is 0 Å². The number of carbonyl (C=O) groups is 2. The fourth-order valence-corrected chi connectivity index (χ4v) is 5.38. The molecule has 162 valence electrons. The molecular weight excluding hydrogens is 444 g/mol. The van der Waals surface area contributed by atoms with Gasteiger partial charge in [-0.1, -0.05) is 23.7 Å². The van der Waals surface area contributed by atoms with Gasteiger partial charge >= 0.3 is 0 Å². The van der Waals surface area contributed by atoms with Crippen molar-refractivity contribution in [3.05, 3.63) is 69.1 Å². The predicted molar refractivity (Wildman–Crippen MR) is 126 cm³/mol. The summed E-state index contributed by atoms with van der Waals surface area (Å²) >= 11 is 7.30. The number of carbonyl (C=O) groups excluding carboxylic acids is 2. The average molecular weight is 465 g/mol. The summed E-state index contributed by atoms with van der Waals surface area (Å²) in [6.45, 7) is 3.01. The smallest absolute Gasteiger partial charge is 0.243 e. The van der Waals surface area contributed by atoms with Gasteiger partial charge in [0.05, 0.1) is 10.6 Å². The van der Waals surface area contributed by atoms with Gasteiger partial charge in [0.1, 0.15) is 0 Å². The van der Waals surface area contributed by atoms with Gasteiger partial charge in [-0.15, -0.1) is 10.2 Å². The lowest BCUT2D eigenvalue weighted by molar-refractivity contribution is -0.117. The molecule has 1 amide bonds. The summed E-state index contributed by atoms with van der Waals surface area (Å²) in [7, 11) is 0. The van der Waals surface area contributed by atoms with Crippen LogP contribution in [-0.2, 0) is 22.4 Å². The van der Waals surface area contributed by atoms with Gasteiger partial charge in [-0.2, -0.15) is 4.68 Å². The molecule has 2 aromatic carbocycles. The van der Waals surface area contributed by atoms with Gasteiger partial charge in [-0.25, -0.2) is 5.01 Å². The molecule has 0 atom stereocenters. The van der Waals surface area contributed by atoms with Crippen molar-refractivity contribution in [3.8, 4) is 11.4 Å². The second kappa shape index (κ2) is 8.22. The van der Waals surface area contributed by atoms with Gasteiger partial charge in [-0.05, 0) is 85.8 Å². The predicted octanol–water partition coefficient (Wildman–Crippen LogP) is 5.03. The van der Waals surface area contributed by atoms with Crippen LogP contribution < -0.4 is 5.01 Å². The maximum absolute atomic E-state index is 13.0. The fraction of sp³-hybridized carbons (Fsp3) is 0.250. The molecule has 2 heterocycles. The molecule has 32 heavy (non-hydrogen) atoms. The Bertz CT molecular complexity index is 1280. The summed E-state index contributed by atoms with van der Waals surface area (Å²) in [5.41, 5.74) is 4.82. The lowest BCUT2D eigenvalue weighted by Gasteiger charge is -2.32. The van der Waals surface area contributed by atoms with E-state index in [4.69, 9.17) is 11.6 Å². The van der Waals surface area contributed by atoms with Crippen LogP contribution in [0.1, 0.15) is 43.4 Å². The molecule has 3 aromatic rings. The zero-order chi connectivity index (χ0) is 22.4. The number of hydrogen-bond acceptors (Lipinski definition) is 5. The Balaban J connectivity index is 1.71. The molecule has 6 nitrogen and oxygen atoms in total. The van der Waals surface area contributed by atoms with E-state index in [1.165, 1.54) is 48.2 Å². The van der Waals surface area contributed by atoms with Crippen LogP contribution in [0.2, 0.25) is 5.02 Å². The highest BCUT2D eigenvalue weighted by Gasteiger charge is 2.35. The highest BCUT2D eigenvalue weighted by molar-refractivity contribution is 8.04. The number of fused-ring (bicyclic) bond motifs is 2. The standard InChI is InChI=1S/C24H21ClN4O2S/c1-14(30)22-21(19-8-7-16-5-3-4-6-18(16)13-19)28(15(2)31)29-23(26-27-24(29)32-22)17-9-11-20(25)12-10-17/h7-13H,3-6H2,1-2H3. The van der Waals surface area contributed by atoms with E-state index < -0.39 is 0 Å². The van der Waals surface area contributed by atoms with Crippen molar-refractivity contribution >= 4 is 40.8 Å². The Labute approximate surface area is 195 Å². The third-order valence-electron chi connectivity index (χ3n) is 5.77. The summed E-state index contributed by atoms with van der Waals surface area (Å²) in [6, 6.07) is 13.5. The number of Topliss-reactive ketones (excluding diaryl/α,β-unsaturated/α-hetero) is 1. The van der Waals surface area contributed by atoms with E-state index in [2.05, 4.69) is 22.3 Å². The van der Waals surface area contributed by atoms with Crippen LogP contribution in [0.5, 0.6) is 0 Å². The van der Waals surface area contributed by atoms with E-state index in [1.54, 1.807) is 16.8 Å². The summed E-state index contributed by atoms with van der Waals surface area (Å²) in [4.78, 5) is 26.2. The Morgan fingerprint density at radius 1 is 0.938 bits per heavy atom. The maximum Gasteiger partial charge on any atom is 0.243 e. The lowest BCUT2D eigenvalue weighted by Crippen LogP contribution is -2.41. The van der Waals surface area contributed by atoms with E-state index in [-0.39, 0.29) is 11.7 Å². The molecule has 0 bridgehead atoms. The number of rotatable bonds is 3. The monoisotopic (exact) mass is 464 g/mol. The molecule has 0 spiro atoms. The Kier molecular flexibility index (Phi) is 5.39. The summed E-state index contributed by atoms with van der Waals surface area (Å²) in [5.74, 6) is 0.168. The zero-order valence-electron chi connectivity index (χ0n) is 17.8. The number of halogens is 1. The van der Waals surface area contributed by atoms with E-state index in [9.17, 15) is 9.59 Å². The molecule has 0 saturated carbocycles. The molecule has 1 aromatic heterocycles. The number of aromatic nitrogens is 3. The normalized spacial score (nSPS) is 15.4. The van der Waals surface area contributed by atoms with Gasteiger partial charge in [0.25, 0.3) is 0 Å². The first-order valence-corrected chi connectivity index (χ1v) is 11.7. The summed E-state index contributed by atoms with van der Waals surface area (Å²) in [6.07, 6.45) is 4.41. The van der Waals surface area contributed by atoms with Crippen molar-refractivity contribution in [3.63, 3.8) is 0 Å². The number of allylic oxidation sites excluding steroid dienone is 1. The minimum absolute atomic E-state index is 0.115. The second-order valence-electron chi connectivity index (χ2n) is 7.98. The van der Waals surface area contributed by atoms with E-state index in [1.807, 2.05) is 18.2 Å². The molecule has 8 heteroatoms. The van der Waals surface area contributed by atoms with Crippen LogP contribution in [0.15, 0.2) is 52.5 Å². The van der Waals surface area contributed by atoms with Crippen molar-refractivity contribution < 1.29 is 9.59 Å². The molecule has 0 unspecified atom stereocenters. The number of benzene rings is 2. The summed E-state index contributed by atoms with van der Waals surface area (Å²) < 4.78 is 1.69. The van der Waals surface area contributed by atoms with Crippen molar-refractivity contribution in [2.45, 2.75) is 44.7 Å². The largest absolute Gasteiger partial charge is 0.294 e. The number of ketones is 1. The Hall–Kier alpha value is -2.90. The van der Waals surface area contributed by atoms with Gasteiger partial charge in [-0.3, -0.25) is 9.59 Å². The first-order valence-electron chi connectivity index (χ1n) is 10.5. The average Bonchev–Trinajstić information content (AvgIpc) is 3.21. The number of amides is 1. The second-order valence-corrected chi connectivity index (χ2v) is 9.40. The third kappa shape index (κ3) is 3.55. The van der Waals surface area contributed by atoms with E-state index in [0.29, 0.717) is 26.6 Å². The molecular formula is C24H21ClN4O2S. The molecule has 0 N–H and O–H groups in total. The van der Waals surface area contributed by atoms with Crippen LogP contribution in [0.4, 0.5) is 0 Å². The Morgan fingerprint density at radius 2 is 1.62 bits per heavy atom. The molecule has 0 fully saturated rings. The van der Waals surface area contributed by atoms with Crippen LogP contribution in [0.3, 0.4) is 0 Å². The highest BCUT2D eigenvalue weighted by Crippen LogP contribution is 2.42. The van der Waals surface area contributed by atoms with Crippen molar-refractivity contribution in [1.29, 1.82) is 0 Å². The van der Waals surface area contributed by atoms with Gasteiger partial charge in [0.2, 0.25) is 11.1 Å². The Morgan fingerprint density at radius 3 is 2.31 bits per heavy atom. The number of nitrogens with zero attached hydrogens (tertiary/aromatic N) is 4. The van der Waals surface area contributed by atoms with Crippen molar-refractivity contribution in [1.82, 2.24) is 14.9 Å². The van der Waals surface area contributed by atoms with Gasteiger partial charge in [0, 0.05) is 23.1 Å². The highest BCUT2D eigenvalue weighted by atomic mass is 35.5. The van der Waals surface area contributed by atoms with Crippen molar-refractivity contribution in [2.75, 3.05) is 5.01 Å². The first-order chi connectivity index (χ1) is 15.4. The quantitative estimate of drug-likeness (QED) is 0.544. The van der Waals surface area contributed by atoms with Crippen LogP contribution in [0.25, 0.3) is 17.1 Å². The maximum atomic E-state index is 13.0.